The molecule has 6 heteroatoms. The van der Waals surface area contributed by atoms with Crippen LogP contribution in [0.15, 0.2) is 0 Å². The summed E-state index contributed by atoms with van der Waals surface area (Å²) < 4.78 is 0. The molecule has 2 aliphatic carbocycles. The second-order valence-electron chi connectivity index (χ2n) is 5.91. The van der Waals surface area contributed by atoms with Gasteiger partial charge in [0.15, 0.2) is 0 Å². The first-order valence-electron chi connectivity index (χ1n) is 7.41. The van der Waals surface area contributed by atoms with Gasteiger partial charge in [0, 0.05) is 11.3 Å². The number of hydrogen-bond acceptors (Lipinski definition) is 3. The number of rotatable bonds is 6. The van der Waals surface area contributed by atoms with Crippen LogP contribution in [-0.4, -0.2) is 39.7 Å². The van der Waals surface area contributed by atoms with E-state index in [-0.39, 0.29) is 18.0 Å². The lowest BCUT2D eigenvalue weighted by atomic mass is 9.96. The van der Waals surface area contributed by atoms with Gasteiger partial charge in [-0.2, -0.15) is 11.8 Å². The molecule has 2 aliphatic rings. The van der Waals surface area contributed by atoms with Gasteiger partial charge in [0.05, 0.1) is 0 Å². The maximum atomic E-state index is 12.1. The number of hydrogen-bond donors (Lipinski definition) is 3. The first-order chi connectivity index (χ1) is 9.47. The fourth-order valence-corrected chi connectivity index (χ4v) is 4.13. The highest BCUT2D eigenvalue weighted by Crippen LogP contribution is 2.39. The molecule has 0 aromatic rings. The average molecular weight is 300 g/mol. The van der Waals surface area contributed by atoms with Crippen LogP contribution in [-0.2, 0) is 4.79 Å². The van der Waals surface area contributed by atoms with Crippen LogP contribution < -0.4 is 10.6 Å². The molecular formula is C14H24N2O3S. The smallest absolute Gasteiger partial charge is 0.329 e. The van der Waals surface area contributed by atoms with Crippen molar-refractivity contribution in [1.82, 2.24) is 10.6 Å². The van der Waals surface area contributed by atoms with Crippen LogP contribution in [0, 0.1) is 5.92 Å². The molecule has 0 heterocycles. The lowest BCUT2D eigenvalue weighted by molar-refractivity contribution is -0.144. The van der Waals surface area contributed by atoms with E-state index in [2.05, 4.69) is 17.6 Å². The fraction of sp³-hybridized carbons (Fsp3) is 0.857. The summed E-state index contributed by atoms with van der Waals surface area (Å²) in [6.45, 7) is 3.73. The van der Waals surface area contributed by atoms with E-state index >= 15 is 0 Å². The second kappa shape index (κ2) is 6.24. The van der Waals surface area contributed by atoms with Crippen molar-refractivity contribution in [2.45, 2.75) is 62.8 Å². The third-order valence-electron chi connectivity index (χ3n) is 4.36. The van der Waals surface area contributed by atoms with E-state index in [9.17, 15) is 14.7 Å². The van der Waals surface area contributed by atoms with E-state index in [1.54, 1.807) is 6.92 Å². The molecule has 2 amide bonds. The highest BCUT2D eigenvalue weighted by molar-refractivity contribution is 7.99. The molecule has 2 saturated carbocycles. The van der Waals surface area contributed by atoms with Crippen molar-refractivity contribution in [1.29, 1.82) is 0 Å². The zero-order chi connectivity index (χ0) is 14.8. The quantitative estimate of drug-likeness (QED) is 0.703. The largest absolute Gasteiger partial charge is 0.480 e. The molecule has 0 bridgehead atoms. The number of carboxylic acid groups (broad SMARTS) is 1. The lowest BCUT2D eigenvalue weighted by Gasteiger charge is -2.28. The predicted molar refractivity (Wildman–Crippen MR) is 80.0 cm³/mol. The second-order valence-corrected chi connectivity index (χ2v) is 7.43. The Labute approximate surface area is 124 Å². The first-order valence-corrected chi connectivity index (χ1v) is 8.46. The number of amides is 2. The molecule has 0 radical (unpaired) electrons. The standard InChI is InChI=1S/C14H24N2O3S/c1-3-20-11-6-4-5-10(11)15-13(19)16-14(2,12(17)18)9-7-8-9/h9-11H,3-8H2,1-2H3,(H,17,18)(H2,15,16,19). The molecule has 3 unspecified atom stereocenters. The van der Waals surface area contributed by atoms with Crippen LogP contribution in [0.5, 0.6) is 0 Å². The van der Waals surface area contributed by atoms with Gasteiger partial charge in [0.2, 0.25) is 0 Å². The Balaban J connectivity index is 1.89. The lowest BCUT2D eigenvalue weighted by Crippen LogP contribution is -2.58. The zero-order valence-electron chi connectivity index (χ0n) is 12.1. The number of aliphatic carboxylic acids is 1. The van der Waals surface area contributed by atoms with Crippen LogP contribution >= 0.6 is 11.8 Å². The molecule has 5 nitrogen and oxygen atoms in total. The minimum Gasteiger partial charge on any atom is -0.480 e. The van der Waals surface area contributed by atoms with Gasteiger partial charge in [-0.1, -0.05) is 13.3 Å². The van der Waals surface area contributed by atoms with E-state index in [1.165, 1.54) is 0 Å². The number of carbonyl (C=O) groups excluding carboxylic acids is 1. The van der Waals surface area contributed by atoms with Crippen LogP contribution in [0.1, 0.15) is 46.0 Å². The fourth-order valence-electron chi connectivity index (χ4n) is 2.94. The molecule has 0 aliphatic heterocycles. The van der Waals surface area contributed by atoms with E-state index in [0.717, 1.165) is 37.9 Å². The summed E-state index contributed by atoms with van der Waals surface area (Å²) in [7, 11) is 0. The topological polar surface area (TPSA) is 78.4 Å². The third-order valence-corrected chi connectivity index (χ3v) is 5.69. The Bertz CT molecular complexity index is 387. The first kappa shape index (κ1) is 15.5. The number of nitrogens with one attached hydrogen (secondary N) is 2. The zero-order valence-corrected chi connectivity index (χ0v) is 13.0. The number of urea groups is 1. The molecule has 2 fully saturated rings. The molecule has 114 valence electrons. The highest BCUT2D eigenvalue weighted by atomic mass is 32.2. The molecule has 0 saturated heterocycles. The van der Waals surface area contributed by atoms with E-state index in [0.29, 0.717) is 5.25 Å². The van der Waals surface area contributed by atoms with Crippen molar-refractivity contribution in [2.75, 3.05) is 5.75 Å². The van der Waals surface area contributed by atoms with Crippen LogP contribution in [0.2, 0.25) is 0 Å². The van der Waals surface area contributed by atoms with Crippen molar-refractivity contribution < 1.29 is 14.7 Å². The summed E-state index contributed by atoms with van der Waals surface area (Å²) in [5, 5.41) is 15.5. The Morgan fingerprint density at radius 2 is 2.00 bits per heavy atom. The number of thioether (sulfide) groups is 1. The van der Waals surface area contributed by atoms with Crippen LogP contribution in [0.4, 0.5) is 4.79 Å². The highest BCUT2D eigenvalue weighted by Gasteiger charge is 2.48. The Morgan fingerprint density at radius 3 is 2.55 bits per heavy atom. The maximum absolute atomic E-state index is 12.1. The predicted octanol–water partition coefficient (Wildman–Crippen LogP) is 2.21. The molecule has 3 N–H and O–H groups in total. The Hall–Kier alpha value is -0.910. The summed E-state index contributed by atoms with van der Waals surface area (Å²) >= 11 is 1.87. The summed E-state index contributed by atoms with van der Waals surface area (Å²) in [6, 6.07) is -0.174. The Morgan fingerprint density at radius 1 is 1.30 bits per heavy atom. The van der Waals surface area contributed by atoms with E-state index in [1.807, 2.05) is 11.8 Å². The average Bonchev–Trinajstić information content (AvgIpc) is 3.14. The van der Waals surface area contributed by atoms with Crippen molar-refractivity contribution in [3.8, 4) is 0 Å². The molecule has 2 rings (SSSR count). The summed E-state index contributed by atoms with van der Waals surface area (Å²) in [5.74, 6) is 0.163. The Kier molecular flexibility index (Phi) is 4.83. The van der Waals surface area contributed by atoms with Gasteiger partial charge in [-0.15, -0.1) is 0 Å². The number of carboxylic acids is 1. The molecule has 0 aromatic carbocycles. The normalized spacial score (nSPS) is 28.7. The van der Waals surface area contributed by atoms with Gasteiger partial charge in [0.1, 0.15) is 5.54 Å². The maximum Gasteiger partial charge on any atom is 0.329 e. The monoisotopic (exact) mass is 300 g/mol. The van der Waals surface area contributed by atoms with E-state index < -0.39 is 11.5 Å². The van der Waals surface area contributed by atoms with Gasteiger partial charge in [0.25, 0.3) is 0 Å². The molecule has 20 heavy (non-hydrogen) atoms. The van der Waals surface area contributed by atoms with Gasteiger partial charge >= 0.3 is 12.0 Å². The van der Waals surface area contributed by atoms with Gasteiger partial charge in [-0.3, -0.25) is 0 Å². The molecule has 0 aromatic heterocycles. The van der Waals surface area contributed by atoms with Gasteiger partial charge in [-0.05, 0) is 44.3 Å². The summed E-state index contributed by atoms with van der Waals surface area (Å²) in [4.78, 5) is 23.5. The molecule has 0 spiro atoms. The van der Waals surface area contributed by atoms with Crippen molar-refractivity contribution in [3.05, 3.63) is 0 Å². The van der Waals surface area contributed by atoms with Crippen molar-refractivity contribution in [3.63, 3.8) is 0 Å². The molecule has 3 atom stereocenters. The van der Waals surface area contributed by atoms with Crippen LogP contribution in [0.3, 0.4) is 0 Å². The summed E-state index contributed by atoms with van der Waals surface area (Å²) in [5.41, 5.74) is -1.13. The van der Waals surface area contributed by atoms with Crippen LogP contribution in [0.25, 0.3) is 0 Å². The minimum atomic E-state index is -1.13. The number of carbonyl (C=O) groups is 2. The summed E-state index contributed by atoms with van der Waals surface area (Å²) in [6.07, 6.45) is 4.99. The third kappa shape index (κ3) is 3.40. The minimum absolute atomic E-state index is 0.0649. The van der Waals surface area contributed by atoms with Gasteiger partial charge < -0.3 is 15.7 Å². The van der Waals surface area contributed by atoms with E-state index in [4.69, 9.17) is 0 Å². The van der Waals surface area contributed by atoms with Crippen molar-refractivity contribution >= 4 is 23.8 Å². The van der Waals surface area contributed by atoms with Crippen molar-refractivity contribution in [2.24, 2.45) is 5.92 Å². The SMILES string of the molecule is CCSC1CCCC1NC(=O)NC(C)(C(=O)O)C1CC1. The van der Waals surface area contributed by atoms with Gasteiger partial charge in [-0.25, -0.2) is 9.59 Å². The molecular weight excluding hydrogens is 276 g/mol.